The molecule has 4 fully saturated rings. The van der Waals surface area contributed by atoms with Gasteiger partial charge in [0.15, 0.2) is 0 Å². The van der Waals surface area contributed by atoms with E-state index in [0.29, 0.717) is 12.1 Å². The molecule has 162 valence electrons. The fourth-order valence-electron chi connectivity index (χ4n) is 6.85. The topological polar surface area (TPSA) is 28.2 Å². The molecule has 0 spiro atoms. The summed E-state index contributed by atoms with van der Waals surface area (Å²) in [5.74, 6) is 3.93. The van der Waals surface area contributed by atoms with Crippen molar-refractivity contribution in [2.24, 2.45) is 23.7 Å². The van der Waals surface area contributed by atoms with Gasteiger partial charge in [-0.15, -0.1) is 12.1 Å². The third-order valence-electron chi connectivity index (χ3n) is 8.12. The van der Waals surface area contributed by atoms with Gasteiger partial charge in [-0.3, -0.25) is 0 Å². The molecule has 6 atom stereocenters. The van der Waals surface area contributed by atoms with Crippen LogP contribution in [0.4, 0.5) is 0 Å². The summed E-state index contributed by atoms with van der Waals surface area (Å²) in [6, 6.07) is 1.41. The van der Waals surface area contributed by atoms with E-state index in [-0.39, 0.29) is 0 Å². The third kappa shape index (κ3) is 7.13. The van der Waals surface area contributed by atoms with Crippen molar-refractivity contribution in [3.63, 3.8) is 0 Å². The maximum atomic E-state index is 5.17. The van der Waals surface area contributed by atoms with E-state index < -0.39 is 17.0 Å². The number of rotatable bonds is 6. The molecule has 0 aromatic heterocycles. The molecule has 0 aromatic carbocycles. The van der Waals surface area contributed by atoms with Gasteiger partial charge >= 0.3 is 35.6 Å². The molecule has 6 unspecified atom stereocenters. The molecule has 28 heavy (non-hydrogen) atoms. The van der Waals surface area contributed by atoms with Crippen LogP contribution in [0.5, 0.6) is 0 Å². The summed E-state index contributed by atoms with van der Waals surface area (Å²) < 4.78 is 0. The van der Waals surface area contributed by atoms with Crippen molar-refractivity contribution >= 4 is 18.6 Å². The molecule has 0 radical (unpaired) electrons. The fourth-order valence-corrected chi connectivity index (χ4v) is 6.85. The number of fused-ring (bicyclic) bond motifs is 2. The molecule has 0 aromatic rings. The third-order valence-corrected chi connectivity index (χ3v) is 8.12. The van der Waals surface area contributed by atoms with E-state index in [0.717, 1.165) is 36.8 Å². The molecule has 2 nitrogen and oxygen atoms in total. The maximum absolute atomic E-state index is 5.17. The molecule has 0 saturated heterocycles. The minimum atomic E-state index is -0.556. The summed E-state index contributed by atoms with van der Waals surface area (Å²) >= 11 is -0.556. The Bertz CT molecular complexity index is 385. The van der Waals surface area contributed by atoms with Gasteiger partial charge in [-0.2, -0.15) is 13.1 Å². The zero-order valence-corrected chi connectivity index (χ0v) is 20.7. The Kier molecular flexibility index (Phi) is 11.6. The SMILES string of the molecule is C(C[N-]C1CCCC2CCCCC21)C[N-]C1CCCC2CCCCC21.[Cl][Ti][Cl]. The Hall–Kier alpha value is 1.21. The van der Waals surface area contributed by atoms with E-state index in [1.807, 2.05) is 0 Å². The van der Waals surface area contributed by atoms with Gasteiger partial charge in [0, 0.05) is 0 Å². The molecule has 0 heterocycles. The van der Waals surface area contributed by atoms with Gasteiger partial charge in [-0.05, 0) is 11.8 Å². The average molecular weight is 463 g/mol. The predicted octanol–water partition coefficient (Wildman–Crippen LogP) is 8.22. The van der Waals surface area contributed by atoms with Crippen LogP contribution in [0.15, 0.2) is 0 Å². The first-order valence-corrected chi connectivity index (χ1v) is 16.4. The van der Waals surface area contributed by atoms with Crippen molar-refractivity contribution in [1.29, 1.82) is 0 Å². The second-order valence-corrected chi connectivity index (χ2v) is 12.2. The predicted molar refractivity (Wildman–Crippen MR) is 119 cm³/mol. The van der Waals surface area contributed by atoms with Crippen LogP contribution < -0.4 is 0 Å². The zero-order valence-electron chi connectivity index (χ0n) is 17.6. The van der Waals surface area contributed by atoms with E-state index in [4.69, 9.17) is 29.2 Å². The summed E-state index contributed by atoms with van der Waals surface area (Å²) in [4.78, 5) is 0. The summed E-state index contributed by atoms with van der Waals surface area (Å²) in [5, 5.41) is 10.3. The molecule has 4 saturated carbocycles. The Morgan fingerprint density at radius 3 is 1.43 bits per heavy atom. The number of halogens is 2. The van der Waals surface area contributed by atoms with Crippen LogP contribution in [-0.4, -0.2) is 25.2 Å². The van der Waals surface area contributed by atoms with Gasteiger partial charge in [0.2, 0.25) is 0 Å². The van der Waals surface area contributed by atoms with Gasteiger partial charge in [-0.25, -0.2) is 0 Å². The van der Waals surface area contributed by atoms with Crippen LogP contribution in [0.1, 0.15) is 96.3 Å². The van der Waals surface area contributed by atoms with E-state index in [1.54, 1.807) is 0 Å². The van der Waals surface area contributed by atoms with Gasteiger partial charge in [-0.1, -0.05) is 108 Å². The normalized spacial score (nSPS) is 37.8. The molecule has 0 bridgehead atoms. The summed E-state index contributed by atoms with van der Waals surface area (Å²) in [6.45, 7) is 2.16. The first kappa shape index (κ1) is 23.9. The zero-order chi connectivity index (χ0) is 19.6. The van der Waals surface area contributed by atoms with Crippen molar-refractivity contribution in [3.8, 4) is 0 Å². The van der Waals surface area contributed by atoms with E-state index in [2.05, 4.69) is 0 Å². The molecule has 0 aliphatic heterocycles. The van der Waals surface area contributed by atoms with Crippen molar-refractivity contribution in [3.05, 3.63) is 10.6 Å². The van der Waals surface area contributed by atoms with Gasteiger partial charge < -0.3 is 10.6 Å². The Morgan fingerprint density at radius 2 is 0.964 bits per heavy atom. The first-order valence-electron chi connectivity index (χ1n) is 12.1. The quantitative estimate of drug-likeness (QED) is 0.281. The summed E-state index contributed by atoms with van der Waals surface area (Å²) in [7, 11) is 9.78. The number of hydrogen-bond acceptors (Lipinski definition) is 0. The number of nitrogens with zero attached hydrogens (tertiary/aromatic N) is 2. The molecule has 4 aliphatic rings. The van der Waals surface area contributed by atoms with Crippen molar-refractivity contribution in [2.75, 3.05) is 13.1 Å². The molecule has 0 amide bonds. The molecule has 5 heteroatoms. The first-order chi connectivity index (χ1) is 13.8. The van der Waals surface area contributed by atoms with Gasteiger partial charge in [0.25, 0.3) is 0 Å². The fraction of sp³-hybridized carbons (Fsp3) is 1.00. The summed E-state index contributed by atoms with van der Waals surface area (Å²) in [5.41, 5.74) is 0. The van der Waals surface area contributed by atoms with Crippen LogP contribution in [0, 0.1) is 23.7 Å². The molecular formula is C23H40Cl2N2Ti-2. The summed E-state index contributed by atoms with van der Waals surface area (Å²) in [6.07, 6.45) is 21.7. The van der Waals surface area contributed by atoms with Crippen LogP contribution >= 0.6 is 18.6 Å². The minimum absolute atomic E-state index is 0.556. The van der Waals surface area contributed by atoms with E-state index in [9.17, 15) is 0 Å². The average Bonchev–Trinajstić information content (AvgIpc) is 2.74. The van der Waals surface area contributed by atoms with Gasteiger partial charge in [0.05, 0.1) is 0 Å². The van der Waals surface area contributed by atoms with Crippen LogP contribution in [0.25, 0.3) is 10.6 Å². The second-order valence-electron chi connectivity index (χ2n) is 9.65. The van der Waals surface area contributed by atoms with Crippen LogP contribution in [0.2, 0.25) is 0 Å². The van der Waals surface area contributed by atoms with Crippen molar-refractivity contribution in [2.45, 2.75) is 108 Å². The molecule has 4 rings (SSSR count). The number of hydrogen-bond donors (Lipinski definition) is 0. The Balaban J connectivity index is 0.000000706. The van der Waals surface area contributed by atoms with Gasteiger partial charge in [0.1, 0.15) is 0 Å². The molecule has 4 aliphatic carbocycles. The van der Waals surface area contributed by atoms with E-state index >= 15 is 0 Å². The standard InChI is InChI=1S/C23H40N2.2ClH.Ti/c1-3-12-20-18(8-1)10-5-14-22(20)24-16-7-17-25-23-15-6-11-19-9-2-4-13-21(19)23;;;/h18-23H,1-17H2;2*1H;/q-2;;;+2/p-2. The molecule has 0 N–H and O–H groups in total. The Labute approximate surface area is 190 Å². The van der Waals surface area contributed by atoms with Crippen molar-refractivity contribution < 1.29 is 17.0 Å². The van der Waals surface area contributed by atoms with Crippen LogP contribution in [-0.2, 0) is 17.0 Å². The Morgan fingerprint density at radius 1 is 0.571 bits per heavy atom. The van der Waals surface area contributed by atoms with Crippen LogP contribution in [0.3, 0.4) is 0 Å². The second kappa shape index (κ2) is 13.6. The molecular weight excluding hydrogens is 423 g/mol. The monoisotopic (exact) mass is 462 g/mol. The van der Waals surface area contributed by atoms with Crippen molar-refractivity contribution in [1.82, 2.24) is 0 Å². The van der Waals surface area contributed by atoms with E-state index in [1.165, 1.54) is 96.3 Å².